The lowest BCUT2D eigenvalue weighted by molar-refractivity contribution is 0.175. The molecular weight excluding hydrogens is 292 g/mol. The molecule has 1 fully saturated rings. The summed E-state index contributed by atoms with van der Waals surface area (Å²) in [4.78, 5) is 2.61. The Labute approximate surface area is 143 Å². The number of benzene rings is 3. The van der Waals surface area contributed by atoms with Gasteiger partial charge >= 0.3 is 0 Å². The van der Waals surface area contributed by atoms with E-state index in [-0.39, 0.29) is 0 Å². The summed E-state index contributed by atoms with van der Waals surface area (Å²) in [5, 5.41) is 8.87. The maximum Gasteiger partial charge on any atom is 0.0389 e. The van der Waals surface area contributed by atoms with Crippen molar-refractivity contribution in [1.29, 1.82) is 0 Å². The molecule has 1 heterocycles. The Kier molecular flexibility index (Phi) is 4.33. The molecule has 1 atom stereocenters. The Morgan fingerprint density at radius 3 is 2.38 bits per heavy atom. The van der Waals surface area contributed by atoms with E-state index in [1.807, 2.05) is 0 Å². The first-order valence-corrected chi connectivity index (χ1v) is 8.84. The molecule has 0 spiro atoms. The van der Waals surface area contributed by atoms with Crippen molar-refractivity contribution >= 4 is 21.5 Å². The number of fused-ring (bicyclic) bond motifs is 3. The van der Waals surface area contributed by atoms with Gasteiger partial charge in [-0.25, -0.2) is 0 Å². The topological polar surface area (TPSA) is 15.3 Å². The lowest BCUT2D eigenvalue weighted by atomic mass is 9.91. The smallest absolute Gasteiger partial charge is 0.0389 e. The second kappa shape index (κ2) is 6.76. The van der Waals surface area contributed by atoms with Crippen molar-refractivity contribution in [2.24, 2.45) is 0 Å². The van der Waals surface area contributed by atoms with Crippen LogP contribution in [0.3, 0.4) is 0 Å². The first-order valence-electron chi connectivity index (χ1n) is 8.84. The van der Waals surface area contributed by atoms with E-state index in [9.17, 15) is 0 Å². The fraction of sp³-hybridized carbons (Fsp3) is 0.273. The summed E-state index contributed by atoms with van der Waals surface area (Å²) in [6, 6.07) is 20.4. The molecule has 2 nitrogen and oxygen atoms in total. The number of hydrogen-bond donors (Lipinski definition) is 1. The molecular formula is C22H24N2. The number of rotatable bonds is 4. The maximum absolute atomic E-state index is 4.02. The molecule has 0 aliphatic carbocycles. The molecule has 4 rings (SSSR count). The van der Waals surface area contributed by atoms with Crippen LogP contribution in [0.5, 0.6) is 0 Å². The van der Waals surface area contributed by atoms with E-state index < -0.39 is 0 Å². The maximum atomic E-state index is 4.02. The summed E-state index contributed by atoms with van der Waals surface area (Å²) in [6.07, 6.45) is 3.05. The van der Waals surface area contributed by atoms with E-state index in [2.05, 4.69) is 77.5 Å². The molecule has 1 saturated heterocycles. The molecule has 0 saturated carbocycles. The zero-order chi connectivity index (χ0) is 16.4. The minimum atomic E-state index is 0.402. The highest BCUT2D eigenvalue weighted by Gasteiger charge is 2.23. The molecule has 1 N–H and O–H groups in total. The SMILES string of the molecule is C=CC[C@@H](c1cc2ccccc2c2ccccc12)N1CCNCC1. The van der Waals surface area contributed by atoms with Crippen LogP contribution in [0.15, 0.2) is 67.3 Å². The summed E-state index contributed by atoms with van der Waals surface area (Å²) >= 11 is 0. The molecule has 0 amide bonds. The Morgan fingerprint density at radius 2 is 1.62 bits per heavy atom. The van der Waals surface area contributed by atoms with E-state index in [1.165, 1.54) is 27.1 Å². The molecule has 3 aromatic rings. The number of nitrogens with zero attached hydrogens (tertiary/aromatic N) is 1. The summed E-state index contributed by atoms with van der Waals surface area (Å²) < 4.78 is 0. The van der Waals surface area contributed by atoms with E-state index in [0.717, 1.165) is 32.6 Å². The Hall–Kier alpha value is -2.16. The lowest BCUT2D eigenvalue weighted by Gasteiger charge is -2.35. The highest BCUT2D eigenvalue weighted by atomic mass is 15.2. The van der Waals surface area contributed by atoms with Gasteiger partial charge in [0.15, 0.2) is 0 Å². The van der Waals surface area contributed by atoms with Gasteiger partial charge < -0.3 is 5.32 Å². The quantitative estimate of drug-likeness (QED) is 0.562. The standard InChI is InChI=1S/C22H24N2/c1-2-7-22(24-14-12-23-13-15-24)21-16-17-8-3-4-9-18(17)19-10-5-6-11-20(19)21/h2-6,8-11,16,22-23H,1,7,12-15H2/t22-/m0/s1. The first-order chi connectivity index (χ1) is 11.9. The summed E-state index contributed by atoms with van der Waals surface area (Å²) in [6.45, 7) is 8.35. The highest BCUT2D eigenvalue weighted by Crippen LogP contribution is 2.35. The second-order valence-corrected chi connectivity index (χ2v) is 6.56. The van der Waals surface area contributed by atoms with Gasteiger partial charge in [-0.05, 0) is 39.6 Å². The van der Waals surface area contributed by atoms with E-state index in [4.69, 9.17) is 0 Å². The average Bonchev–Trinajstić information content (AvgIpc) is 2.66. The molecule has 122 valence electrons. The van der Waals surface area contributed by atoms with Crippen molar-refractivity contribution < 1.29 is 0 Å². The van der Waals surface area contributed by atoms with Crippen LogP contribution in [-0.4, -0.2) is 31.1 Å². The molecule has 0 bridgehead atoms. The van der Waals surface area contributed by atoms with Crippen molar-refractivity contribution in [3.8, 4) is 0 Å². The second-order valence-electron chi connectivity index (χ2n) is 6.56. The number of hydrogen-bond acceptors (Lipinski definition) is 2. The van der Waals surface area contributed by atoms with Crippen molar-refractivity contribution in [1.82, 2.24) is 10.2 Å². The molecule has 0 radical (unpaired) electrons. The Morgan fingerprint density at radius 1 is 0.958 bits per heavy atom. The van der Waals surface area contributed by atoms with Crippen molar-refractivity contribution in [2.75, 3.05) is 26.2 Å². The van der Waals surface area contributed by atoms with Crippen LogP contribution >= 0.6 is 0 Å². The number of piperazine rings is 1. The monoisotopic (exact) mass is 316 g/mol. The van der Waals surface area contributed by atoms with Crippen molar-refractivity contribution in [3.63, 3.8) is 0 Å². The fourth-order valence-electron chi connectivity index (χ4n) is 3.98. The highest BCUT2D eigenvalue weighted by molar-refractivity contribution is 6.09. The normalized spacial score (nSPS) is 17.2. The summed E-state index contributed by atoms with van der Waals surface area (Å²) in [5.41, 5.74) is 1.44. The van der Waals surface area contributed by atoms with Gasteiger partial charge in [0.2, 0.25) is 0 Å². The third kappa shape index (κ3) is 2.72. The molecule has 1 aliphatic heterocycles. The summed E-state index contributed by atoms with van der Waals surface area (Å²) in [5.74, 6) is 0. The van der Waals surface area contributed by atoms with E-state index >= 15 is 0 Å². The minimum absolute atomic E-state index is 0.402. The van der Waals surface area contributed by atoms with Gasteiger partial charge in [-0.15, -0.1) is 6.58 Å². The van der Waals surface area contributed by atoms with E-state index in [1.54, 1.807) is 0 Å². The van der Waals surface area contributed by atoms with Gasteiger partial charge in [0.1, 0.15) is 0 Å². The van der Waals surface area contributed by atoms with Crippen molar-refractivity contribution in [2.45, 2.75) is 12.5 Å². The first kappa shape index (κ1) is 15.4. The molecule has 24 heavy (non-hydrogen) atoms. The van der Waals surface area contributed by atoms with Gasteiger partial charge in [-0.1, -0.05) is 54.6 Å². The van der Waals surface area contributed by atoms with Crippen LogP contribution in [0.2, 0.25) is 0 Å². The third-order valence-corrected chi connectivity index (χ3v) is 5.14. The average molecular weight is 316 g/mol. The molecule has 2 heteroatoms. The third-order valence-electron chi connectivity index (χ3n) is 5.14. The fourth-order valence-corrected chi connectivity index (χ4v) is 3.98. The molecule has 0 aromatic heterocycles. The Balaban J connectivity index is 1.93. The zero-order valence-electron chi connectivity index (χ0n) is 14.0. The van der Waals surface area contributed by atoms with Gasteiger partial charge in [0.05, 0.1) is 0 Å². The zero-order valence-corrected chi connectivity index (χ0v) is 14.0. The Bertz CT molecular complexity index is 862. The molecule has 0 unspecified atom stereocenters. The van der Waals surface area contributed by atoms with Crippen LogP contribution in [0.4, 0.5) is 0 Å². The predicted molar refractivity (Wildman–Crippen MR) is 103 cm³/mol. The van der Waals surface area contributed by atoms with E-state index in [0.29, 0.717) is 6.04 Å². The largest absolute Gasteiger partial charge is 0.314 e. The van der Waals surface area contributed by atoms with Gasteiger partial charge in [-0.2, -0.15) is 0 Å². The van der Waals surface area contributed by atoms with Gasteiger partial charge in [-0.3, -0.25) is 4.90 Å². The van der Waals surface area contributed by atoms with Crippen LogP contribution in [-0.2, 0) is 0 Å². The number of nitrogens with one attached hydrogen (secondary N) is 1. The lowest BCUT2D eigenvalue weighted by Crippen LogP contribution is -2.45. The van der Waals surface area contributed by atoms with Crippen LogP contribution in [0.1, 0.15) is 18.0 Å². The van der Waals surface area contributed by atoms with Gasteiger partial charge in [0.25, 0.3) is 0 Å². The van der Waals surface area contributed by atoms with Crippen molar-refractivity contribution in [3.05, 3.63) is 72.8 Å². The van der Waals surface area contributed by atoms with Gasteiger partial charge in [0, 0.05) is 32.2 Å². The summed E-state index contributed by atoms with van der Waals surface area (Å²) in [7, 11) is 0. The molecule has 3 aromatic carbocycles. The predicted octanol–water partition coefficient (Wildman–Crippen LogP) is 4.52. The van der Waals surface area contributed by atoms with Crippen LogP contribution in [0, 0.1) is 0 Å². The minimum Gasteiger partial charge on any atom is -0.314 e. The van der Waals surface area contributed by atoms with Crippen LogP contribution < -0.4 is 5.32 Å². The van der Waals surface area contributed by atoms with Crippen LogP contribution in [0.25, 0.3) is 21.5 Å². The molecule has 1 aliphatic rings.